The van der Waals surface area contributed by atoms with Crippen molar-refractivity contribution in [2.75, 3.05) is 0 Å². The minimum absolute atomic E-state index is 1.18. The minimum Gasteiger partial charge on any atom is -0.0616 e. The SMILES string of the molecule is Br/C=c1\cccc\c1=C/Br. The van der Waals surface area contributed by atoms with E-state index >= 15 is 0 Å². The maximum absolute atomic E-state index is 3.28. The average Bonchev–Trinajstić information content (AvgIpc) is 2.04. The van der Waals surface area contributed by atoms with Gasteiger partial charge in [0.25, 0.3) is 0 Å². The number of halogens is 2. The molecule has 1 aromatic rings. The third kappa shape index (κ3) is 1.70. The Morgan fingerprint density at radius 1 is 0.900 bits per heavy atom. The molecule has 1 rings (SSSR count). The molecular weight excluding hydrogens is 256 g/mol. The summed E-state index contributed by atoms with van der Waals surface area (Å²) in [5.41, 5.74) is 0. The molecule has 2 heteroatoms. The summed E-state index contributed by atoms with van der Waals surface area (Å²) in [5.74, 6) is 0. The molecule has 0 aromatic heterocycles. The number of hydrogen-bond acceptors (Lipinski definition) is 0. The first kappa shape index (κ1) is 8.02. The molecule has 1 aromatic carbocycles. The van der Waals surface area contributed by atoms with Gasteiger partial charge in [-0.15, -0.1) is 0 Å². The minimum atomic E-state index is 1.18. The molecule has 0 unspecified atom stereocenters. The molecule has 0 radical (unpaired) electrons. The van der Waals surface area contributed by atoms with Gasteiger partial charge in [0.1, 0.15) is 0 Å². The summed E-state index contributed by atoms with van der Waals surface area (Å²) in [6.07, 6.45) is 0. The smallest absolute Gasteiger partial charge is 0.0110 e. The van der Waals surface area contributed by atoms with Gasteiger partial charge in [-0.1, -0.05) is 56.1 Å². The molecule has 0 aliphatic rings. The van der Waals surface area contributed by atoms with Gasteiger partial charge in [0.2, 0.25) is 0 Å². The summed E-state index contributed by atoms with van der Waals surface area (Å²) in [6.45, 7) is 0. The van der Waals surface area contributed by atoms with Crippen molar-refractivity contribution in [2.24, 2.45) is 0 Å². The van der Waals surface area contributed by atoms with Crippen LogP contribution < -0.4 is 10.4 Å². The van der Waals surface area contributed by atoms with Gasteiger partial charge in [0.05, 0.1) is 0 Å². The van der Waals surface area contributed by atoms with Gasteiger partial charge < -0.3 is 0 Å². The van der Waals surface area contributed by atoms with Crippen molar-refractivity contribution in [1.29, 1.82) is 0 Å². The Bertz CT molecular complexity index is 281. The number of benzene rings is 1. The normalized spacial score (nSPS) is 14.2. The molecule has 0 spiro atoms. The maximum atomic E-state index is 3.28. The molecule has 0 nitrogen and oxygen atoms in total. The first-order chi connectivity index (χ1) is 4.88. The lowest BCUT2D eigenvalue weighted by Gasteiger charge is -1.84. The topological polar surface area (TPSA) is 0 Å². The fraction of sp³-hybridized carbons (Fsp3) is 0. The molecule has 52 valence electrons. The molecule has 0 aliphatic heterocycles. The van der Waals surface area contributed by atoms with Crippen LogP contribution in [0.4, 0.5) is 0 Å². The second-order valence-corrected chi connectivity index (χ2v) is 2.76. The van der Waals surface area contributed by atoms with Crippen molar-refractivity contribution in [3.05, 3.63) is 34.7 Å². The highest BCUT2D eigenvalue weighted by molar-refractivity contribution is 9.14. The second kappa shape index (κ2) is 3.94. The zero-order valence-corrected chi connectivity index (χ0v) is 8.39. The van der Waals surface area contributed by atoms with E-state index in [1.807, 2.05) is 34.2 Å². The first-order valence-corrected chi connectivity index (χ1v) is 4.67. The Balaban J connectivity index is 3.53. The molecule has 0 saturated carbocycles. The molecule has 0 aliphatic carbocycles. The third-order valence-electron chi connectivity index (χ3n) is 1.23. The van der Waals surface area contributed by atoms with Crippen molar-refractivity contribution in [1.82, 2.24) is 0 Å². The van der Waals surface area contributed by atoms with E-state index in [0.717, 1.165) is 0 Å². The zero-order chi connectivity index (χ0) is 7.40. The van der Waals surface area contributed by atoms with E-state index in [2.05, 4.69) is 31.9 Å². The Hall–Kier alpha value is -0.0800. The highest BCUT2D eigenvalue weighted by atomic mass is 79.9. The van der Waals surface area contributed by atoms with E-state index in [1.165, 1.54) is 10.4 Å². The lowest BCUT2D eigenvalue weighted by Crippen LogP contribution is -2.21. The Morgan fingerprint density at radius 2 is 1.30 bits per heavy atom. The fourth-order valence-electron chi connectivity index (χ4n) is 0.710. The lowest BCUT2D eigenvalue weighted by molar-refractivity contribution is 1.54. The van der Waals surface area contributed by atoms with Gasteiger partial charge in [-0.2, -0.15) is 0 Å². The van der Waals surface area contributed by atoms with Gasteiger partial charge >= 0.3 is 0 Å². The standard InChI is InChI=1S/C8H6Br2/c9-5-7-3-1-2-4-8(7)6-10/h1-6H/b7-5+,8-6+. The molecule has 0 amide bonds. The summed E-state index contributed by atoms with van der Waals surface area (Å²) in [5, 5.41) is 2.36. The van der Waals surface area contributed by atoms with E-state index in [9.17, 15) is 0 Å². The van der Waals surface area contributed by atoms with Gasteiger partial charge in [-0.25, -0.2) is 0 Å². The Kier molecular flexibility index (Phi) is 3.16. The van der Waals surface area contributed by atoms with Crippen LogP contribution in [-0.2, 0) is 0 Å². The van der Waals surface area contributed by atoms with Crippen LogP contribution in [-0.4, -0.2) is 0 Å². The molecule has 0 atom stereocenters. The van der Waals surface area contributed by atoms with Crippen molar-refractivity contribution in [3.8, 4) is 0 Å². The highest BCUT2D eigenvalue weighted by Gasteiger charge is 1.78. The highest BCUT2D eigenvalue weighted by Crippen LogP contribution is 1.81. The van der Waals surface area contributed by atoms with Crippen molar-refractivity contribution < 1.29 is 0 Å². The third-order valence-corrected chi connectivity index (χ3v) is 2.22. The second-order valence-electron chi connectivity index (χ2n) is 1.85. The van der Waals surface area contributed by atoms with Crippen molar-refractivity contribution in [2.45, 2.75) is 0 Å². The molecule has 0 fully saturated rings. The summed E-state index contributed by atoms with van der Waals surface area (Å²) < 4.78 is 0. The predicted molar refractivity (Wildman–Crippen MR) is 52.5 cm³/mol. The Labute approximate surface area is 76.5 Å². The average molecular weight is 262 g/mol. The van der Waals surface area contributed by atoms with Gasteiger partial charge in [-0.05, 0) is 20.4 Å². The van der Waals surface area contributed by atoms with Crippen LogP contribution in [0.2, 0.25) is 0 Å². The van der Waals surface area contributed by atoms with E-state index in [-0.39, 0.29) is 0 Å². The molecule has 0 heterocycles. The van der Waals surface area contributed by atoms with Crippen molar-refractivity contribution in [3.63, 3.8) is 0 Å². The summed E-state index contributed by atoms with van der Waals surface area (Å²) >= 11 is 6.57. The molecular formula is C8H6Br2. The Morgan fingerprint density at radius 3 is 1.60 bits per heavy atom. The van der Waals surface area contributed by atoms with Crippen LogP contribution in [0.5, 0.6) is 0 Å². The predicted octanol–water partition coefficient (Wildman–Crippen LogP) is 1.95. The van der Waals surface area contributed by atoms with Crippen LogP contribution in [0.3, 0.4) is 0 Å². The van der Waals surface area contributed by atoms with Crippen LogP contribution in [0.1, 0.15) is 0 Å². The molecule has 10 heavy (non-hydrogen) atoms. The van der Waals surface area contributed by atoms with Crippen LogP contribution in [0, 0.1) is 0 Å². The maximum Gasteiger partial charge on any atom is -0.0110 e. The van der Waals surface area contributed by atoms with Crippen LogP contribution in [0.15, 0.2) is 24.3 Å². The number of rotatable bonds is 0. The largest absolute Gasteiger partial charge is 0.0616 e. The summed E-state index contributed by atoms with van der Waals surface area (Å²) in [7, 11) is 0. The molecule has 0 bridgehead atoms. The molecule has 0 saturated heterocycles. The van der Waals surface area contributed by atoms with E-state index in [1.54, 1.807) is 0 Å². The van der Waals surface area contributed by atoms with Crippen LogP contribution >= 0.6 is 31.9 Å². The van der Waals surface area contributed by atoms with E-state index in [0.29, 0.717) is 0 Å². The zero-order valence-electron chi connectivity index (χ0n) is 5.22. The van der Waals surface area contributed by atoms with Crippen LogP contribution in [0.25, 0.3) is 9.97 Å². The fourth-order valence-corrected chi connectivity index (χ4v) is 1.54. The monoisotopic (exact) mass is 260 g/mol. The lowest BCUT2D eigenvalue weighted by atomic mass is 10.3. The summed E-state index contributed by atoms with van der Waals surface area (Å²) in [4.78, 5) is 3.81. The quantitative estimate of drug-likeness (QED) is 0.670. The molecule has 0 N–H and O–H groups in total. The van der Waals surface area contributed by atoms with E-state index in [4.69, 9.17) is 0 Å². The first-order valence-electron chi connectivity index (χ1n) is 2.84. The summed E-state index contributed by atoms with van der Waals surface area (Å²) in [6, 6.07) is 8.10. The van der Waals surface area contributed by atoms with Crippen molar-refractivity contribution >= 4 is 41.8 Å². The van der Waals surface area contributed by atoms with Gasteiger partial charge in [0.15, 0.2) is 0 Å². The van der Waals surface area contributed by atoms with E-state index < -0.39 is 0 Å². The number of hydrogen-bond donors (Lipinski definition) is 0. The van der Waals surface area contributed by atoms with Gasteiger partial charge in [-0.3, -0.25) is 0 Å². The van der Waals surface area contributed by atoms with Gasteiger partial charge in [0, 0.05) is 0 Å².